The number of hydrogen-bond acceptors (Lipinski definition) is 1. The van der Waals surface area contributed by atoms with Crippen LogP contribution in [-0.2, 0) is 0 Å². The molecule has 0 radical (unpaired) electrons. The second-order valence-corrected chi connectivity index (χ2v) is 4.68. The molecular formula is C11H20N2. The van der Waals surface area contributed by atoms with Crippen LogP contribution in [0, 0.1) is 17.2 Å². The lowest BCUT2D eigenvalue weighted by molar-refractivity contribution is 0.411. The number of nitrogens with one attached hydrogen (secondary N) is 1. The van der Waals surface area contributed by atoms with E-state index >= 15 is 0 Å². The molecule has 2 heteroatoms. The third-order valence-electron chi connectivity index (χ3n) is 3.32. The van der Waals surface area contributed by atoms with Crippen LogP contribution in [0.5, 0.6) is 0 Å². The number of likely N-dealkylation sites (tertiary alicyclic amines) is 1. The van der Waals surface area contributed by atoms with Crippen molar-refractivity contribution in [3.05, 3.63) is 0 Å². The Balaban J connectivity index is 1.87. The fraction of sp³-hybridized carbons (Fsp3) is 0.909. The van der Waals surface area contributed by atoms with Crippen molar-refractivity contribution in [1.82, 2.24) is 4.90 Å². The molecule has 0 aromatic carbocycles. The van der Waals surface area contributed by atoms with Crippen molar-refractivity contribution in [3.63, 3.8) is 0 Å². The zero-order valence-corrected chi connectivity index (χ0v) is 8.55. The molecule has 2 nitrogen and oxygen atoms in total. The van der Waals surface area contributed by atoms with Crippen LogP contribution in [0.25, 0.3) is 0 Å². The highest BCUT2D eigenvalue weighted by Gasteiger charge is 2.30. The standard InChI is InChI=1S/C11H20N2/c1-9-3-2-7-13(8-6-9)11(12)10-4-5-10/h9-10,12H,2-8H2,1H3. The third-order valence-corrected chi connectivity index (χ3v) is 3.32. The Morgan fingerprint density at radius 3 is 2.62 bits per heavy atom. The quantitative estimate of drug-likeness (QED) is 0.487. The molecule has 1 N–H and O–H groups in total. The first-order valence-electron chi connectivity index (χ1n) is 5.61. The third kappa shape index (κ3) is 2.23. The summed E-state index contributed by atoms with van der Waals surface area (Å²) in [6.45, 7) is 4.61. The van der Waals surface area contributed by atoms with Gasteiger partial charge in [-0.25, -0.2) is 0 Å². The predicted molar refractivity (Wildman–Crippen MR) is 55.0 cm³/mol. The summed E-state index contributed by atoms with van der Waals surface area (Å²) in [7, 11) is 0. The van der Waals surface area contributed by atoms with Gasteiger partial charge in [0, 0.05) is 19.0 Å². The van der Waals surface area contributed by atoms with Crippen LogP contribution in [0.4, 0.5) is 0 Å². The first kappa shape index (κ1) is 9.04. The summed E-state index contributed by atoms with van der Waals surface area (Å²) in [5.41, 5.74) is 0. The van der Waals surface area contributed by atoms with E-state index in [1.54, 1.807) is 0 Å². The van der Waals surface area contributed by atoms with E-state index in [-0.39, 0.29) is 0 Å². The van der Waals surface area contributed by atoms with Gasteiger partial charge in [-0.15, -0.1) is 0 Å². The molecule has 1 unspecified atom stereocenters. The van der Waals surface area contributed by atoms with E-state index in [1.165, 1.54) is 32.1 Å². The van der Waals surface area contributed by atoms with Gasteiger partial charge < -0.3 is 4.90 Å². The van der Waals surface area contributed by atoms with Gasteiger partial charge in [-0.3, -0.25) is 5.41 Å². The molecule has 13 heavy (non-hydrogen) atoms. The Morgan fingerprint density at radius 2 is 1.92 bits per heavy atom. The van der Waals surface area contributed by atoms with E-state index in [2.05, 4.69) is 11.8 Å². The van der Waals surface area contributed by atoms with Crippen molar-refractivity contribution >= 4 is 5.84 Å². The fourth-order valence-corrected chi connectivity index (χ4v) is 2.12. The highest BCUT2D eigenvalue weighted by Crippen LogP contribution is 2.32. The average molecular weight is 180 g/mol. The maximum Gasteiger partial charge on any atom is 0.0989 e. The van der Waals surface area contributed by atoms with Gasteiger partial charge >= 0.3 is 0 Å². The summed E-state index contributed by atoms with van der Waals surface area (Å²) in [5, 5.41) is 7.99. The van der Waals surface area contributed by atoms with Gasteiger partial charge in [0.15, 0.2) is 0 Å². The summed E-state index contributed by atoms with van der Waals surface area (Å²) in [6, 6.07) is 0. The summed E-state index contributed by atoms with van der Waals surface area (Å²) < 4.78 is 0. The highest BCUT2D eigenvalue weighted by molar-refractivity contribution is 5.83. The van der Waals surface area contributed by atoms with Gasteiger partial charge in [0.1, 0.15) is 0 Å². The molecule has 0 spiro atoms. The second kappa shape index (κ2) is 3.69. The molecule has 0 amide bonds. The normalized spacial score (nSPS) is 29.9. The Kier molecular flexibility index (Phi) is 2.56. The Hall–Kier alpha value is -0.530. The Morgan fingerprint density at radius 1 is 1.15 bits per heavy atom. The maximum absolute atomic E-state index is 7.99. The van der Waals surface area contributed by atoms with Crippen molar-refractivity contribution in [2.75, 3.05) is 13.1 Å². The van der Waals surface area contributed by atoms with E-state index in [1.807, 2.05) is 0 Å². The minimum absolute atomic E-state index is 0.633. The van der Waals surface area contributed by atoms with Gasteiger partial charge in [-0.2, -0.15) is 0 Å². The molecule has 0 aromatic heterocycles. The molecule has 2 rings (SSSR count). The van der Waals surface area contributed by atoms with Crippen LogP contribution >= 0.6 is 0 Å². The van der Waals surface area contributed by atoms with Crippen molar-refractivity contribution < 1.29 is 0 Å². The largest absolute Gasteiger partial charge is 0.360 e. The van der Waals surface area contributed by atoms with E-state index in [9.17, 15) is 0 Å². The summed E-state index contributed by atoms with van der Waals surface area (Å²) >= 11 is 0. The van der Waals surface area contributed by atoms with E-state index in [0.717, 1.165) is 24.8 Å². The van der Waals surface area contributed by atoms with Crippen LogP contribution in [0.1, 0.15) is 39.0 Å². The minimum atomic E-state index is 0.633. The minimum Gasteiger partial charge on any atom is -0.360 e. The van der Waals surface area contributed by atoms with Crippen molar-refractivity contribution in [3.8, 4) is 0 Å². The zero-order chi connectivity index (χ0) is 9.26. The monoisotopic (exact) mass is 180 g/mol. The maximum atomic E-state index is 7.99. The zero-order valence-electron chi connectivity index (χ0n) is 8.55. The number of hydrogen-bond donors (Lipinski definition) is 1. The summed E-state index contributed by atoms with van der Waals surface area (Å²) in [5.74, 6) is 2.44. The van der Waals surface area contributed by atoms with Gasteiger partial charge in [-0.05, 0) is 38.0 Å². The number of amidine groups is 1. The van der Waals surface area contributed by atoms with Crippen molar-refractivity contribution in [2.45, 2.75) is 39.0 Å². The molecule has 74 valence electrons. The molecule has 1 aliphatic carbocycles. The van der Waals surface area contributed by atoms with Crippen molar-refractivity contribution in [1.29, 1.82) is 5.41 Å². The average Bonchev–Trinajstić information content (AvgIpc) is 2.89. The Labute approximate surface area is 80.8 Å². The number of rotatable bonds is 1. The van der Waals surface area contributed by atoms with Crippen LogP contribution < -0.4 is 0 Å². The lowest BCUT2D eigenvalue weighted by Gasteiger charge is -2.23. The van der Waals surface area contributed by atoms with Crippen molar-refractivity contribution in [2.24, 2.45) is 11.8 Å². The molecule has 0 aromatic rings. The van der Waals surface area contributed by atoms with Crippen LogP contribution in [0.2, 0.25) is 0 Å². The van der Waals surface area contributed by atoms with E-state index in [4.69, 9.17) is 5.41 Å². The molecule has 2 aliphatic rings. The lowest BCUT2D eigenvalue weighted by Crippen LogP contribution is -2.32. The highest BCUT2D eigenvalue weighted by atomic mass is 15.2. The molecular weight excluding hydrogens is 160 g/mol. The number of nitrogens with zero attached hydrogens (tertiary/aromatic N) is 1. The molecule has 0 bridgehead atoms. The Bertz CT molecular complexity index is 196. The van der Waals surface area contributed by atoms with Crippen LogP contribution in [-0.4, -0.2) is 23.8 Å². The van der Waals surface area contributed by atoms with Gasteiger partial charge in [0.05, 0.1) is 5.84 Å². The molecule has 1 saturated heterocycles. The SMILES string of the molecule is CC1CCCN(C(=N)C2CC2)CC1. The molecule has 1 atom stereocenters. The molecule has 1 saturated carbocycles. The smallest absolute Gasteiger partial charge is 0.0989 e. The second-order valence-electron chi connectivity index (χ2n) is 4.68. The summed E-state index contributed by atoms with van der Waals surface area (Å²) in [4.78, 5) is 2.32. The fourth-order valence-electron chi connectivity index (χ4n) is 2.12. The first-order chi connectivity index (χ1) is 6.27. The van der Waals surface area contributed by atoms with Crippen LogP contribution in [0.3, 0.4) is 0 Å². The van der Waals surface area contributed by atoms with Gasteiger partial charge in [0.2, 0.25) is 0 Å². The molecule has 1 heterocycles. The lowest BCUT2D eigenvalue weighted by atomic mass is 10.0. The van der Waals surface area contributed by atoms with E-state index < -0.39 is 0 Å². The van der Waals surface area contributed by atoms with E-state index in [0.29, 0.717) is 5.92 Å². The summed E-state index contributed by atoms with van der Waals surface area (Å²) in [6.07, 6.45) is 6.47. The predicted octanol–water partition coefficient (Wildman–Crippen LogP) is 2.50. The topological polar surface area (TPSA) is 27.1 Å². The molecule has 1 aliphatic heterocycles. The van der Waals surface area contributed by atoms with Gasteiger partial charge in [0.25, 0.3) is 0 Å². The first-order valence-corrected chi connectivity index (χ1v) is 5.61. The van der Waals surface area contributed by atoms with Crippen LogP contribution in [0.15, 0.2) is 0 Å². The van der Waals surface area contributed by atoms with Gasteiger partial charge in [-0.1, -0.05) is 6.92 Å². The molecule has 2 fully saturated rings.